The maximum atomic E-state index is 11.9. The number of nitrogens with zero attached hydrogens (tertiary/aromatic N) is 2. The molecule has 0 aliphatic heterocycles. The van der Waals surface area contributed by atoms with Gasteiger partial charge in [0.15, 0.2) is 6.61 Å². The van der Waals surface area contributed by atoms with Gasteiger partial charge in [0.2, 0.25) is 0 Å². The van der Waals surface area contributed by atoms with Crippen molar-refractivity contribution in [3.05, 3.63) is 69.8 Å². The molecule has 26 heavy (non-hydrogen) atoms. The average molecular weight is 355 g/mol. The highest BCUT2D eigenvalue weighted by Crippen LogP contribution is 2.28. The number of nitro benzene ring substituents is 1. The van der Waals surface area contributed by atoms with Crippen molar-refractivity contribution in [3.8, 4) is 5.75 Å². The Morgan fingerprint density at radius 1 is 1.27 bits per heavy atom. The summed E-state index contributed by atoms with van der Waals surface area (Å²) in [5.41, 5.74) is 4.08. The number of rotatable bonds is 8. The lowest BCUT2D eigenvalue weighted by Gasteiger charge is -2.15. The van der Waals surface area contributed by atoms with Crippen LogP contribution in [0.15, 0.2) is 53.6 Å². The maximum Gasteiger partial charge on any atom is 0.277 e. The highest BCUT2D eigenvalue weighted by Gasteiger charge is 2.10. The zero-order valence-electron chi connectivity index (χ0n) is 14.7. The molecule has 0 radical (unpaired) electrons. The summed E-state index contributed by atoms with van der Waals surface area (Å²) in [4.78, 5) is 22.0. The number of ether oxygens (including phenoxy) is 1. The topological polar surface area (TPSA) is 93.8 Å². The molecule has 0 bridgehead atoms. The molecule has 0 spiro atoms. The first kappa shape index (κ1) is 19.1. The Hall–Kier alpha value is -3.22. The van der Waals surface area contributed by atoms with Crippen LogP contribution in [-0.4, -0.2) is 23.7 Å². The van der Waals surface area contributed by atoms with Crippen molar-refractivity contribution in [2.24, 2.45) is 5.10 Å². The first-order valence-corrected chi connectivity index (χ1v) is 8.29. The molecular formula is C19H21N3O4. The van der Waals surface area contributed by atoms with Crippen LogP contribution in [0.2, 0.25) is 0 Å². The predicted octanol–water partition coefficient (Wildman–Crippen LogP) is 3.64. The Bertz CT molecular complexity index is 788. The molecule has 2 rings (SSSR count). The third-order valence-corrected chi connectivity index (χ3v) is 3.93. The molecule has 0 saturated heterocycles. The monoisotopic (exact) mass is 355 g/mol. The minimum atomic E-state index is -0.475. The van der Waals surface area contributed by atoms with Gasteiger partial charge >= 0.3 is 0 Å². The van der Waals surface area contributed by atoms with E-state index in [1.807, 2.05) is 24.3 Å². The van der Waals surface area contributed by atoms with E-state index in [0.29, 0.717) is 17.2 Å². The van der Waals surface area contributed by atoms with Crippen molar-refractivity contribution in [2.45, 2.75) is 26.2 Å². The Balaban J connectivity index is 1.87. The lowest BCUT2D eigenvalue weighted by atomic mass is 9.98. The van der Waals surface area contributed by atoms with E-state index in [2.05, 4.69) is 24.4 Å². The number of hydrogen-bond donors (Lipinski definition) is 1. The molecule has 0 aliphatic carbocycles. The summed E-state index contributed by atoms with van der Waals surface area (Å²) < 4.78 is 5.61. The van der Waals surface area contributed by atoms with Crippen molar-refractivity contribution in [2.75, 3.05) is 6.61 Å². The number of carbonyl (C=O) groups is 1. The molecule has 1 N–H and O–H groups in total. The normalized spacial score (nSPS) is 11.9. The van der Waals surface area contributed by atoms with Crippen molar-refractivity contribution in [1.29, 1.82) is 0 Å². The van der Waals surface area contributed by atoms with E-state index in [9.17, 15) is 14.9 Å². The van der Waals surface area contributed by atoms with Crippen LogP contribution in [0.5, 0.6) is 5.75 Å². The molecule has 1 atom stereocenters. The van der Waals surface area contributed by atoms with Gasteiger partial charge < -0.3 is 4.74 Å². The van der Waals surface area contributed by atoms with Crippen molar-refractivity contribution in [3.63, 3.8) is 0 Å². The second-order valence-electron chi connectivity index (χ2n) is 5.78. The van der Waals surface area contributed by atoms with Crippen LogP contribution in [0.3, 0.4) is 0 Å². The second-order valence-corrected chi connectivity index (χ2v) is 5.78. The summed E-state index contributed by atoms with van der Waals surface area (Å²) in [6.07, 6.45) is 2.39. The van der Waals surface area contributed by atoms with E-state index < -0.39 is 4.92 Å². The summed E-state index contributed by atoms with van der Waals surface area (Å²) in [5, 5.41) is 14.4. The van der Waals surface area contributed by atoms with Crippen LogP contribution >= 0.6 is 0 Å². The molecule has 0 aliphatic rings. The number of non-ortho nitro benzene ring substituents is 1. The number of benzene rings is 2. The molecule has 7 heteroatoms. The minimum absolute atomic E-state index is 0.000409. The zero-order chi connectivity index (χ0) is 18.9. The largest absolute Gasteiger partial charge is 0.483 e. The lowest BCUT2D eigenvalue weighted by molar-refractivity contribution is -0.384. The summed E-state index contributed by atoms with van der Waals surface area (Å²) >= 11 is 0. The predicted molar refractivity (Wildman–Crippen MR) is 99.5 cm³/mol. The molecule has 2 aromatic rings. The van der Waals surface area contributed by atoms with E-state index in [0.717, 1.165) is 12.0 Å². The number of nitro groups is 1. The fourth-order valence-corrected chi connectivity index (χ4v) is 2.28. The Labute approximate surface area is 151 Å². The van der Waals surface area contributed by atoms with Gasteiger partial charge in [0.25, 0.3) is 11.6 Å². The molecule has 136 valence electrons. The van der Waals surface area contributed by atoms with Gasteiger partial charge in [0, 0.05) is 12.1 Å². The van der Waals surface area contributed by atoms with E-state index >= 15 is 0 Å². The maximum absolute atomic E-state index is 11.9. The third-order valence-electron chi connectivity index (χ3n) is 3.93. The van der Waals surface area contributed by atoms with Gasteiger partial charge in [-0.3, -0.25) is 14.9 Å². The fourth-order valence-electron chi connectivity index (χ4n) is 2.28. The van der Waals surface area contributed by atoms with E-state index in [1.165, 1.54) is 18.3 Å². The first-order valence-electron chi connectivity index (χ1n) is 8.29. The van der Waals surface area contributed by atoms with Crippen molar-refractivity contribution < 1.29 is 14.5 Å². The Kier molecular flexibility index (Phi) is 6.84. The molecular weight excluding hydrogens is 334 g/mol. The van der Waals surface area contributed by atoms with E-state index in [1.54, 1.807) is 12.1 Å². The molecule has 1 amide bonds. The van der Waals surface area contributed by atoms with Gasteiger partial charge in [-0.25, -0.2) is 5.43 Å². The minimum Gasteiger partial charge on any atom is -0.483 e. The molecule has 0 aromatic heterocycles. The lowest BCUT2D eigenvalue weighted by Crippen LogP contribution is -2.24. The van der Waals surface area contributed by atoms with Gasteiger partial charge in [-0.05, 0) is 41.7 Å². The van der Waals surface area contributed by atoms with E-state index in [-0.39, 0.29) is 18.2 Å². The fraction of sp³-hybridized carbons (Fsp3) is 0.263. The van der Waals surface area contributed by atoms with Crippen LogP contribution in [0.25, 0.3) is 0 Å². The van der Waals surface area contributed by atoms with Gasteiger partial charge in [-0.15, -0.1) is 0 Å². The van der Waals surface area contributed by atoms with Gasteiger partial charge in [0.05, 0.1) is 11.1 Å². The van der Waals surface area contributed by atoms with Crippen molar-refractivity contribution >= 4 is 17.8 Å². The van der Waals surface area contributed by atoms with Crippen LogP contribution in [0.1, 0.15) is 37.3 Å². The van der Waals surface area contributed by atoms with Crippen LogP contribution in [-0.2, 0) is 4.79 Å². The van der Waals surface area contributed by atoms with Gasteiger partial charge in [-0.2, -0.15) is 5.10 Å². The smallest absolute Gasteiger partial charge is 0.277 e. The average Bonchev–Trinajstić information content (AvgIpc) is 2.66. The molecule has 0 fully saturated rings. The first-order chi connectivity index (χ1) is 12.5. The number of para-hydroxylation sites is 1. The zero-order valence-corrected chi connectivity index (χ0v) is 14.7. The Morgan fingerprint density at radius 3 is 2.62 bits per heavy atom. The number of amides is 1. The SMILES string of the molecule is CCC(C)c1ccccc1OCC(=O)N/N=C/c1ccc([N+](=O)[O-])cc1. The standard InChI is InChI=1S/C19H21N3O4/c1-3-14(2)17-6-4-5-7-18(17)26-13-19(23)21-20-12-15-8-10-16(11-9-15)22(24)25/h4-12,14H,3,13H2,1-2H3,(H,21,23)/b20-12+. The molecule has 7 nitrogen and oxygen atoms in total. The molecule has 0 heterocycles. The molecule has 2 aromatic carbocycles. The third kappa shape index (κ3) is 5.41. The molecule has 0 saturated carbocycles. The summed E-state index contributed by atoms with van der Waals surface area (Å²) in [6, 6.07) is 13.5. The van der Waals surface area contributed by atoms with Gasteiger partial charge in [0.1, 0.15) is 5.75 Å². The van der Waals surface area contributed by atoms with Crippen molar-refractivity contribution in [1.82, 2.24) is 5.43 Å². The highest BCUT2D eigenvalue weighted by molar-refractivity contribution is 5.83. The number of hydrogen-bond acceptors (Lipinski definition) is 5. The van der Waals surface area contributed by atoms with Crippen LogP contribution in [0, 0.1) is 10.1 Å². The summed E-state index contributed by atoms with van der Waals surface area (Å²) in [7, 11) is 0. The Morgan fingerprint density at radius 2 is 1.96 bits per heavy atom. The van der Waals surface area contributed by atoms with Crippen LogP contribution < -0.4 is 10.2 Å². The second kappa shape index (κ2) is 9.31. The quantitative estimate of drug-likeness (QED) is 0.444. The number of carbonyl (C=O) groups excluding carboxylic acids is 1. The molecule has 1 unspecified atom stereocenters. The van der Waals surface area contributed by atoms with Gasteiger partial charge in [-0.1, -0.05) is 32.0 Å². The number of nitrogens with one attached hydrogen (secondary N) is 1. The summed E-state index contributed by atoms with van der Waals surface area (Å²) in [5.74, 6) is 0.646. The van der Waals surface area contributed by atoms with E-state index in [4.69, 9.17) is 4.74 Å². The highest BCUT2D eigenvalue weighted by atomic mass is 16.6. The number of hydrazone groups is 1. The van der Waals surface area contributed by atoms with Crippen LogP contribution in [0.4, 0.5) is 5.69 Å². The summed E-state index contributed by atoms with van der Waals surface area (Å²) in [6.45, 7) is 4.06.